The molecule has 0 atom stereocenters. The molecule has 0 aliphatic carbocycles. The summed E-state index contributed by atoms with van der Waals surface area (Å²) in [6.07, 6.45) is 0. The molecule has 1 aromatic heterocycles. The first-order chi connectivity index (χ1) is 14.5. The van der Waals surface area contributed by atoms with Crippen molar-refractivity contribution in [2.75, 3.05) is 19.0 Å². The number of nitrogens with zero attached hydrogens (tertiary/aromatic N) is 2. The quantitative estimate of drug-likeness (QED) is 0.553. The van der Waals surface area contributed by atoms with Crippen LogP contribution in [0.3, 0.4) is 0 Å². The molecule has 1 aliphatic heterocycles. The van der Waals surface area contributed by atoms with E-state index in [4.69, 9.17) is 9.84 Å². The van der Waals surface area contributed by atoms with Gasteiger partial charge in [-0.2, -0.15) is 0 Å². The number of sulfone groups is 1. The highest BCUT2D eigenvalue weighted by atomic mass is 32.2. The molecule has 2 aromatic rings. The highest BCUT2D eigenvalue weighted by Gasteiger charge is 2.34. The molecule has 1 amide bonds. The van der Waals surface area contributed by atoms with E-state index in [1.54, 1.807) is 13.8 Å². The monoisotopic (exact) mass is 455 g/mol. The number of carbonyl (C=O) groups is 1. The second kappa shape index (κ2) is 8.36. The average Bonchev–Trinajstić information content (AvgIpc) is 2.69. The zero-order chi connectivity index (χ0) is 23.0. The Morgan fingerprint density at radius 2 is 2.10 bits per heavy atom. The maximum atomic E-state index is 13.6. The highest BCUT2D eigenvalue weighted by molar-refractivity contribution is 7.91. The van der Waals surface area contributed by atoms with Gasteiger partial charge in [0.05, 0.1) is 30.4 Å². The van der Waals surface area contributed by atoms with E-state index in [1.165, 1.54) is 10.6 Å². The lowest BCUT2D eigenvalue weighted by atomic mass is 10.1. The molecule has 31 heavy (non-hydrogen) atoms. The van der Waals surface area contributed by atoms with E-state index < -0.39 is 56.5 Å². The number of hydrogen-bond donors (Lipinski definition) is 3. The molecule has 0 saturated carbocycles. The van der Waals surface area contributed by atoms with Gasteiger partial charge in [0.1, 0.15) is 17.2 Å². The Labute approximate surface area is 177 Å². The predicted molar refractivity (Wildman–Crippen MR) is 106 cm³/mol. The summed E-state index contributed by atoms with van der Waals surface area (Å²) in [5.74, 6) is -3.01. The number of aromatic hydroxyl groups is 1. The summed E-state index contributed by atoms with van der Waals surface area (Å²) in [6.45, 7) is 2.74. The minimum atomic E-state index is -3.99. The summed E-state index contributed by atoms with van der Waals surface area (Å²) in [4.78, 5) is 28.9. The van der Waals surface area contributed by atoms with Gasteiger partial charge in [0.15, 0.2) is 15.5 Å². The van der Waals surface area contributed by atoms with Crippen LogP contribution in [0.1, 0.15) is 35.7 Å². The molecular weight excluding hydrogens is 433 g/mol. The van der Waals surface area contributed by atoms with Crippen LogP contribution in [0.5, 0.6) is 5.75 Å². The number of carbonyl (C=O) groups excluding carboxylic acids is 1. The fraction of sp³-hybridized carbons (Fsp3) is 0.421. The van der Waals surface area contributed by atoms with Crippen LogP contribution in [-0.4, -0.2) is 53.1 Å². The van der Waals surface area contributed by atoms with Crippen molar-refractivity contribution < 1.29 is 32.6 Å². The summed E-state index contributed by atoms with van der Waals surface area (Å²) in [5.41, 5.74) is -2.22. The summed E-state index contributed by atoms with van der Waals surface area (Å²) in [6, 6.07) is 3.01. The lowest BCUT2D eigenvalue weighted by molar-refractivity contribution is -0.0566. The average molecular weight is 455 g/mol. The van der Waals surface area contributed by atoms with Gasteiger partial charge < -0.3 is 20.3 Å². The van der Waals surface area contributed by atoms with Crippen molar-refractivity contribution in [3.63, 3.8) is 0 Å². The molecule has 1 aliphatic rings. The van der Waals surface area contributed by atoms with Crippen molar-refractivity contribution in [2.24, 2.45) is 0 Å². The van der Waals surface area contributed by atoms with Gasteiger partial charge >= 0.3 is 0 Å². The summed E-state index contributed by atoms with van der Waals surface area (Å²) in [7, 11) is -3.99. The Hall–Kier alpha value is -2.83. The van der Waals surface area contributed by atoms with Crippen molar-refractivity contribution in [3.8, 4) is 5.75 Å². The van der Waals surface area contributed by atoms with E-state index in [2.05, 4.69) is 10.3 Å². The van der Waals surface area contributed by atoms with Gasteiger partial charge in [-0.3, -0.25) is 14.2 Å². The number of halogens is 1. The summed E-state index contributed by atoms with van der Waals surface area (Å²) < 4.78 is 45.0. The Kier molecular flexibility index (Phi) is 6.16. The Morgan fingerprint density at radius 3 is 2.77 bits per heavy atom. The van der Waals surface area contributed by atoms with E-state index in [9.17, 15) is 27.5 Å². The van der Waals surface area contributed by atoms with Crippen LogP contribution in [0.25, 0.3) is 0 Å². The van der Waals surface area contributed by atoms with Crippen molar-refractivity contribution >= 4 is 15.7 Å². The number of amides is 1. The summed E-state index contributed by atoms with van der Waals surface area (Å²) in [5, 5.41) is 21.6. The van der Waals surface area contributed by atoms with Gasteiger partial charge in [0.2, 0.25) is 5.75 Å². The SMILES string of the molecule is CC1(C)OCCn2c1nc(C(=O)NCc1ccc(F)cc1S(=O)(=O)CCO)c(O)c2=O. The third-order valence-corrected chi connectivity index (χ3v) is 6.61. The Balaban J connectivity index is 1.93. The molecule has 0 fully saturated rings. The largest absolute Gasteiger partial charge is 0.501 e. The second-order valence-corrected chi connectivity index (χ2v) is 9.50. The lowest BCUT2D eigenvalue weighted by Gasteiger charge is -2.32. The Bertz CT molecular complexity index is 1190. The van der Waals surface area contributed by atoms with Crippen LogP contribution >= 0.6 is 0 Å². The fourth-order valence-corrected chi connectivity index (χ4v) is 4.57. The molecule has 168 valence electrons. The topological polar surface area (TPSA) is 148 Å². The first kappa shape index (κ1) is 22.8. The van der Waals surface area contributed by atoms with Crippen LogP contribution < -0.4 is 10.9 Å². The number of ether oxygens (including phenoxy) is 1. The minimum Gasteiger partial charge on any atom is -0.501 e. The van der Waals surface area contributed by atoms with Crippen LogP contribution in [0.2, 0.25) is 0 Å². The standard InChI is InChI=1S/C19H22FN3O7S/c1-19(2)18-22-14(15(25)17(27)23(18)5-7-30-19)16(26)21-10-11-3-4-12(20)9-13(11)31(28,29)8-6-24/h3-4,9,24-25H,5-8,10H2,1-2H3,(H,21,26). The van der Waals surface area contributed by atoms with Crippen molar-refractivity contribution in [3.05, 3.63) is 51.5 Å². The van der Waals surface area contributed by atoms with Crippen molar-refractivity contribution in [2.45, 2.75) is 37.4 Å². The van der Waals surface area contributed by atoms with Gasteiger partial charge in [0.25, 0.3) is 11.5 Å². The normalized spacial score (nSPS) is 15.4. The van der Waals surface area contributed by atoms with Gasteiger partial charge in [-0.15, -0.1) is 0 Å². The van der Waals surface area contributed by atoms with Gasteiger partial charge in [0, 0.05) is 6.54 Å². The molecule has 0 spiro atoms. The number of benzene rings is 1. The van der Waals surface area contributed by atoms with Crippen LogP contribution in [-0.2, 0) is 33.3 Å². The fourth-order valence-electron chi connectivity index (χ4n) is 3.28. The maximum absolute atomic E-state index is 13.6. The number of fused-ring (bicyclic) bond motifs is 1. The minimum absolute atomic E-state index is 0.0704. The van der Waals surface area contributed by atoms with Crippen molar-refractivity contribution in [1.82, 2.24) is 14.9 Å². The lowest BCUT2D eigenvalue weighted by Crippen LogP contribution is -2.42. The third kappa shape index (κ3) is 4.45. The van der Waals surface area contributed by atoms with Crippen LogP contribution in [0.15, 0.2) is 27.9 Å². The molecule has 10 nitrogen and oxygen atoms in total. The number of aromatic nitrogens is 2. The molecule has 0 unspecified atom stereocenters. The molecule has 2 heterocycles. The molecule has 12 heteroatoms. The van der Waals surface area contributed by atoms with E-state index in [0.29, 0.717) is 0 Å². The molecule has 0 radical (unpaired) electrons. The second-order valence-electron chi connectivity index (χ2n) is 7.43. The van der Waals surface area contributed by atoms with Gasteiger partial charge in [-0.25, -0.2) is 17.8 Å². The molecule has 1 aromatic carbocycles. The predicted octanol–water partition coefficient (Wildman–Crippen LogP) is 0.0493. The molecule has 3 rings (SSSR count). The van der Waals surface area contributed by atoms with Crippen LogP contribution in [0, 0.1) is 5.82 Å². The Morgan fingerprint density at radius 1 is 1.39 bits per heavy atom. The molecule has 0 saturated heterocycles. The molecule has 0 bridgehead atoms. The van der Waals surface area contributed by atoms with E-state index in [0.717, 1.165) is 12.1 Å². The molecule has 3 N–H and O–H groups in total. The number of rotatable bonds is 6. The highest BCUT2D eigenvalue weighted by Crippen LogP contribution is 2.27. The smallest absolute Gasteiger partial charge is 0.296 e. The zero-order valence-corrected chi connectivity index (χ0v) is 17.7. The van der Waals surface area contributed by atoms with Gasteiger partial charge in [-0.1, -0.05) is 6.07 Å². The van der Waals surface area contributed by atoms with Gasteiger partial charge in [-0.05, 0) is 31.5 Å². The van der Waals surface area contributed by atoms with E-state index in [1.807, 2.05) is 0 Å². The number of nitrogens with one attached hydrogen (secondary N) is 1. The first-order valence-electron chi connectivity index (χ1n) is 9.36. The van der Waals surface area contributed by atoms with E-state index in [-0.39, 0.29) is 36.0 Å². The number of aliphatic hydroxyl groups is 1. The van der Waals surface area contributed by atoms with E-state index >= 15 is 0 Å². The number of hydrogen-bond acceptors (Lipinski definition) is 8. The molecular formula is C19H22FN3O7S. The maximum Gasteiger partial charge on any atom is 0.296 e. The third-order valence-electron chi connectivity index (χ3n) is 4.84. The zero-order valence-electron chi connectivity index (χ0n) is 16.9. The number of aliphatic hydroxyl groups excluding tert-OH is 1. The van der Waals surface area contributed by atoms with Crippen LogP contribution in [0.4, 0.5) is 4.39 Å². The summed E-state index contributed by atoms with van der Waals surface area (Å²) >= 11 is 0. The first-order valence-corrected chi connectivity index (χ1v) is 11.0. The van der Waals surface area contributed by atoms with Crippen molar-refractivity contribution in [1.29, 1.82) is 0 Å².